The molecule has 5 heterocycles. The predicted molar refractivity (Wildman–Crippen MR) is 230 cm³/mol. The third-order valence-corrected chi connectivity index (χ3v) is 11.2. The van der Waals surface area contributed by atoms with E-state index in [0.29, 0.717) is 0 Å². The van der Waals surface area contributed by atoms with Gasteiger partial charge in [-0.25, -0.2) is 9.97 Å². The fourth-order valence-electron chi connectivity index (χ4n) is 8.79. The van der Waals surface area contributed by atoms with Gasteiger partial charge in [0, 0.05) is 61.5 Å². The van der Waals surface area contributed by atoms with Crippen molar-refractivity contribution < 1.29 is 4.42 Å². The summed E-state index contributed by atoms with van der Waals surface area (Å²) < 4.78 is 11.4. The molecule has 0 spiro atoms. The third-order valence-electron chi connectivity index (χ3n) is 11.2. The van der Waals surface area contributed by atoms with Gasteiger partial charge < -0.3 is 9.32 Å². The van der Waals surface area contributed by atoms with Gasteiger partial charge in [0.25, 0.3) is 0 Å². The Balaban J connectivity index is 1.22. The minimum absolute atomic E-state index is 0.834. The van der Waals surface area contributed by atoms with Gasteiger partial charge in [-0.1, -0.05) is 103 Å². The van der Waals surface area contributed by atoms with E-state index >= 15 is 0 Å². The molecule has 0 radical (unpaired) electrons. The fourth-order valence-corrected chi connectivity index (χ4v) is 8.79. The van der Waals surface area contributed by atoms with Crippen LogP contribution in [-0.2, 0) is 0 Å². The molecule has 0 saturated heterocycles. The van der Waals surface area contributed by atoms with Crippen molar-refractivity contribution >= 4 is 93.4 Å². The summed E-state index contributed by atoms with van der Waals surface area (Å²) in [7, 11) is 0. The summed E-state index contributed by atoms with van der Waals surface area (Å²) in [5.74, 6) is 1.74. The number of fused-ring (bicyclic) bond motifs is 10. The Labute approximate surface area is 320 Å². The van der Waals surface area contributed by atoms with Crippen LogP contribution in [0.15, 0.2) is 193 Å². The number of nitrogens with zero attached hydrogens (tertiary/aromatic N) is 5. The van der Waals surface area contributed by atoms with E-state index in [4.69, 9.17) is 14.4 Å². The number of furan rings is 1. The lowest BCUT2D eigenvalue weighted by molar-refractivity contribution is 0.669. The maximum atomic E-state index is 6.90. The van der Waals surface area contributed by atoms with Gasteiger partial charge >= 0.3 is 0 Å². The molecule has 0 amide bonds. The summed E-state index contributed by atoms with van der Waals surface area (Å²) in [5.41, 5.74) is 9.01. The molecule has 0 unspecified atom stereocenters. The zero-order valence-corrected chi connectivity index (χ0v) is 30.0. The number of hydrogen-bond donors (Lipinski definition) is 0. The van der Waals surface area contributed by atoms with Crippen LogP contribution in [0.5, 0.6) is 0 Å². The lowest BCUT2D eigenvalue weighted by atomic mass is 10.0. The normalized spacial score (nSPS) is 11.9. The molecule has 5 aromatic heterocycles. The molecule has 262 valence electrons. The molecule has 12 rings (SSSR count). The third kappa shape index (κ3) is 4.44. The Kier molecular flexibility index (Phi) is 6.53. The van der Waals surface area contributed by atoms with E-state index in [9.17, 15) is 0 Å². The quantitative estimate of drug-likeness (QED) is 0.178. The van der Waals surface area contributed by atoms with Crippen LogP contribution in [0.3, 0.4) is 0 Å². The molecule has 6 nitrogen and oxygen atoms in total. The number of para-hydroxylation sites is 3. The maximum absolute atomic E-state index is 6.90. The number of hydrogen-bond acceptors (Lipinski definition) is 4. The molecular weight excluding hydrogens is 687 g/mol. The van der Waals surface area contributed by atoms with Crippen LogP contribution in [0.4, 0.5) is 17.1 Å². The summed E-state index contributed by atoms with van der Waals surface area (Å²) in [6, 6.07) is 62.1. The van der Waals surface area contributed by atoms with Crippen molar-refractivity contribution in [2.75, 3.05) is 4.90 Å². The van der Waals surface area contributed by atoms with E-state index in [1.165, 1.54) is 10.8 Å². The molecule has 0 atom stereocenters. The van der Waals surface area contributed by atoms with Gasteiger partial charge in [0.1, 0.15) is 17.2 Å². The zero-order chi connectivity index (χ0) is 36.7. The van der Waals surface area contributed by atoms with E-state index in [0.717, 1.165) is 94.2 Å². The molecule has 6 heteroatoms. The van der Waals surface area contributed by atoms with Gasteiger partial charge in [-0.15, -0.1) is 0 Å². The van der Waals surface area contributed by atoms with Crippen LogP contribution >= 0.6 is 0 Å². The van der Waals surface area contributed by atoms with E-state index in [1.807, 2.05) is 42.7 Å². The average molecular weight is 718 g/mol. The number of pyridine rings is 2. The van der Waals surface area contributed by atoms with Crippen molar-refractivity contribution in [3.05, 3.63) is 188 Å². The Morgan fingerprint density at radius 3 is 1.48 bits per heavy atom. The summed E-state index contributed by atoms with van der Waals surface area (Å²) in [4.78, 5) is 12.1. The van der Waals surface area contributed by atoms with Gasteiger partial charge in [-0.3, -0.25) is 9.13 Å². The fraction of sp³-hybridized carbons (Fsp3) is 0. The van der Waals surface area contributed by atoms with Gasteiger partial charge in [0.05, 0.1) is 27.8 Å². The number of benzene rings is 7. The highest BCUT2D eigenvalue weighted by molar-refractivity contribution is 6.20. The standard InChI is InChI=1S/C50H31N5O/c1-2-14-35-32(13-1)29-41-40-17-5-8-20-46(40)56-50(41)49(35)53(33-23-25-38-36-15-3-6-18-42(36)54(44(38)30-33)47-21-9-11-27-51-47)34-24-26-39-37-16-4-7-19-43(37)55(45(39)31-34)48-22-10-12-28-52-48/h1-31H. The van der Waals surface area contributed by atoms with Crippen molar-refractivity contribution in [1.29, 1.82) is 0 Å². The van der Waals surface area contributed by atoms with Crippen molar-refractivity contribution in [3.8, 4) is 11.6 Å². The zero-order valence-electron chi connectivity index (χ0n) is 30.0. The summed E-state index contributed by atoms with van der Waals surface area (Å²) in [5, 5.41) is 9.07. The Morgan fingerprint density at radius 2 is 0.893 bits per heavy atom. The first-order valence-electron chi connectivity index (χ1n) is 18.8. The van der Waals surface area contributed by atoms with E-state index in [1.54, 1.807) is 0 Å². The molecule has 0 aliphatic carbocycles. The molecule has 12 aromatic rings. The average Bonchev–Trinajstić information content (AvgIpc) is 3.91. The number of aromatic nitrogens is 4. The Morgan fingerprint density at radius 1 is 0.393 bits per heavy atom. The van der Waals surface area contributed by atoms with Crippen molar-refractivity contribution in [3.63, 3.8) is 0 Å². The van der Waals surface area contributed by atoms with Crippen LogP contribution in [0, 0.1) is 0 Å². The second-order valence-corrected chi connectivity index (χ2v) is 14.2. The smallest absolute Gasteiger partial charge is 0.160 e. The Bertz CT molecular complexity index is 3330. The minimum atomic E-state index is 0.834. The molecule has 0 fully saturated rings. The highest BCUT2D eigenvalue weighted by Crippen LogP contribution is 2.48. The SMILES string of the molecule is c1ccc(-n2c3ccccc3c3ccc(N(c4ccc5c6ccccc6n(-c6ccccn6)c5c4)c4c5ccccc5cc5c4oc4ccccc45)cc32)nc1. The van der Waals surface area contributed by atoms with Crippen LogP contribution in [0.1, 0.15) is 0 Å². The predicted octanol–water partition coefficient (Wildman–Crippen LogP) is 13.2. The largest absolute Gasteiger partial charge is 0.454 e. The molecule has 0 bridgehead atoms. The first-order valence-corrected chi connectivity index (χ1v) is 18.8. The lowest BCUT2D eigenvalue weighted by Crippen LogP contribution is -2.11. The monoisotopic (exact) mass is 717 g/mol. The first kappa shape index (κ1) is 30.7. The van der Waals surface area contributed by atoms with Crippen LogP contribution in [0.25, 0.3) is 88.0 Å². The van der Waals surface area contributed by atoms with Crippen LogP contribution < -0.4 is 4.90 Å². The van der Waals surface area contributed by atoms with Gasteiger partial charge in [0.15, 0.2) is 5.58 Å². The minimum Gasteiger partial charge on any atom is -0.454 e. The van der Waals surface area contributed by atoms with Gasteiger partial charge in [-0.05, 0) is 78.2 Å². The van der Waals surface area contributed by atoms with Crippen LogP contribution in [0.2, 0.25) is 0 Å². The molecule has 7 aromatic carbocycles. The summed E-state index contributed by atoms with van der Waals surface area (Å²) >= 11 is 0. The van der Waals surface area contributed by atoms with E-state index < -0.39 is 0 Å². The molecule has 56 heavy (non-hydrogen) atoms. The summed E-state index contributed by atoms with van der Waals surface area (Å²) in [6.45, 7) is 0. The highest BCUT2D eigenvalue weighted by Gasteiger charge is 2.25. The van der Waals surface area contributed by atoms with Crippen LogP contribution in [-0.4, -0.2) is 19.1 Å². The molecule has 0 N–H and O–H groups in total. The molecular formula is C50H31N5O. The second kappa shape index (κ2) is 11.9. The second-order valence-electron chi connectivity index (χ2n) is 14.2. The number of rotatable bonds is 5. The lowest BCUT2D eigenvalue weighted by Gasteiger charge is -2.27. The van der Waals surface area contributed by atoms with Crippen molar-refractivity contribution in [2.24, 2.45) is 0 Å². The molecule has 0 aliphatic heterocycles. The van der Waals surface area contributed by atoms with Crippen molar-refractivity contribution in [1.82, 2.24) is 19.1 Å². The molecule has 0 aliphatic rings. The Hall–Kier alpha value is -7.70. The van der Waals surface area contributed by atoms with Gasteiger partial charge in [-0.2, -0.15) is 0 Å². The van der Waals surface area contributed by atoms with E-state index in [-0.39, 0.29) is 0 Å². The maximum Gasteiger partial charge on any atom is 0.160 e. The molecule has 0 saturated carbocycles. The van der Waals surface area contributed by atoms with Crippen molar-refractivity contribution in [2.45, 2.75) is 0 Å². The first-order chi connectivity index (χ1) is 27.8. The highest BCUT2D eigenvalue weighted by atomic mass is 16.3. The number of anilines is 3. The topological polar surface area (TPSA) is 52.0 Å². The van der Waals surface area contributed by atoms with Gasteiger partial charge in [0.2, 0.25) is 0 Å². The summed E-state index contributed by atoms with van der Waals surface area (Å²) in [6.07, 6.45) is 3.72. The van der Waals surface area contributed by atoms with E-state index in [2.05, 4.69) is 160 Å².